The molecule has 2 aromatic rings. The van der Waals surface area contributed by atoms with Gasteiger partial charge in [0, 0.05) is 15.5 Å². The number of hydrogen-bond donors (Lipinski definition) is 0. The number of thioether (sulfide) groups is 1. The smallest absolute Gasteiger partial charge is 0.173 e. The van der Waals surface area contributed by atoms with Crippen LogP contribution < -0.4 is 0 Å². The number of Topliss-reactive ketones (excluding diaryl/α,β-unsaturated/α-hetero) is 1. The number of halogens is 3. The van der Waals surface area contributed by atoms with Gasteiger partial charge in [-0.3, -0.25) is 4.79 Å². The Bertz CT molecular complexity index is 613. The number of benzene rings is 2. The molecule has 0 radical (unpaired) electrons. The molecule has 0 unspecified atom stereocenters. The van der Waals surface area contributed by atoms with Gasteiger partial charge >= 0.3 is 0 Å². The van der Waals surface area contributed by atoms with Gasteiger partial charge in [-0.2, -0.15) is 0 Å². The predicted octanol–water partition coefficient (Wildman–Crippen LogP) is 5.62. The normalized spacial score (nSPS) is 10.5. The van der Waals surface area contributed by atoms with E-state index in [1.165, 1.54) is 11.8 Å². The van der Waals surface area contributed by atoms with E-state index in [4.69, 9.17) is 34.8 Å². The summed E-state index contributed by atoms with van der Waals surface area (Å²) < 4.78 is 0. The van der Waals surface area contributed by atoms with Gasteiger partial charge in [0.1, 0.15) is 0 Å². The van der Waals surface area contributed by atoms with Gasteiger partial charge in [-0.1, -0.05) is 40.9 Å². The zero-order valence-corrected chi connectivity index (χ0v) is 12.8. The molecule has 0 bridgehead atoms. The standard InChI is InChI=1S/C14H9Cl3OS/c15-10-2-1-3-11(7-10)19-8-14(18)9-4-5-12(16)13(17)6-9/h1-7H,8H2. The number of rotatable bonds is 4. The Morgan fingerprint density at radius 2 is 1.79 bits per heavy atom. The topological polar surface area (TPSA) is 17.1 Å². The van der Waals surface area contributed by atoms with E-state index in [9.17, 15) is 4.79 Å². The number of hydrogen-bond acceptors (Lipinski definition) is 2. The first-order chi connectivity index (χ1) is 9.06. The summed E-state index contributed by atoms with van der Waals surface area (Å²) in [6.45, 7) is 0. The van der Waals surface area contributed by atoms with E-state index < -0.39 is 0 Å². The molecule has 0 aliphatic rings. The van der Waals surface area contributed by atoms with E-state index >= 15 is 0 Å². The Balaban J connectivity index is 2.03. The van der Waals surface area contributed by atoms with Crippen LogP contribution in [0, 0.1) is 0 Å². The van der Waals surface area contributed by atoms with Crippen LogP contribution in [0.3, 0.4) is 0 Å². The SMILES string of the molecule is O=C(CSc1cccc(Cl)c1)c1ccc(Cl)c(Cl)c1. The van der Waals surface area contributed by atoms with Crippen molar-refractivity contribution in [3.8, 4) is 0 Å². The fourth-order valence-electron chi connectivity index (χ4n) is 1.46. The molecule has 0 aromatic heterocycles. The third-order valence-electron chi connectivity index (χ3n) is 2.41. The van der Waals surface area contributed by atoms with Crippen LogP contribution in [0.25, 0.3) is 0 Å². The van der Waals surface area contributed by atoms with E-state index in [1.54, 1.807) is 24.3 Å². The van der Waals surface area contributed by atoms with Gasteiger partial charge in [0.05, 0.1) is 15.8 Å². The molecular formula is C14H9Cl3OS. The molecule has 19 heavy (non-hydrogen) atoms. The molecule has 0 spiro atoms. The first kappa shape index (κ1) is 14.7. The van der Waals surface area contributed by atoms with Crippen molar-refractivity contribution >= 4 is 52.3 Å². The van der Waals surface area contributed by atoms with Gasteiger partial charge in [0.15, 0.2) is 5.78 Å². The Kier molecular flexibility index (Phi) is 5.17. The minimum atomic E-state index is 0.00328. The molecular weight excluding hydrogens is 323 g/mol. The monoisotopic (exact) mass is 330 g/mol. The van der Waals surface area contributed by atoms with Crippen LogP contribution in [-0.2, 0) is 0 Å². The summed E-state index contributed by atoms with van der Waals surface area (Å²) in [5.74, 6) is 0.335. The van der Waals surface area contributed by atoms with Crippen molar-refractivity contribution in [2.75, 3.05) is 5.75 Å². The summed E-state index contributed by atoms with van der Waals surface area (Å²) in [4.78, 5) is 13.0. The lowest BCUT2D eigenvalue weighted by atomic mass is 10.1. The van der Waals surface area contributed by atoms with Crippen LogP contribution in [0.15, 0.2) is 47.4 Å². The van der Waals surface area contributed by atoms with Gasteiger partial charge in [0.25, 0.3) is 0 Å². The molecule has 0 saturated carbocycles. The molecule has 1 nitrogen and oxygen atoms in total. The first-order valence-electron chi connectivity index (χ1n) is 5.43. The molecule has 98 valence electrons. The third-order valence-corrected chi connectivity index (χ3v) is 4.38. The zero-order valence-electron chi connectivity index (χ0n) is 9.70. The lowest BCUT2D eigenvalue weighted by Crippen LogP contribution is -2.02. The maximum Gasteiger partial charge on any atom is 0.173 e. The van der Waals surface area contributed by atoms with Crippen molar-refractivity contribution in [3.63, 3.8) is 0 Å². The fourth-order valence-corrected chi connectivity index (χ4v) is 2.86. The van der Waals surface area contributed by atoms with Gasteiger partial charge in [-0.25, -0.2) is 0 Å². The molecule has 0 atom stereocenters. The van der Waals surface area contributed by atoms with Crippen LogP contribution in [-0.4, -0.2) is 11.5 Å². The molecule has 0 fully saturated rings. The van der Waals surface area contributed by atoms with Crippen LogP contribution in [0.1, 0.15) is 10.4 Å². The van der Waals surface area contributed by atoms with Crippen molar-refractivity contribution in [1.29, 1.82) is 0 Å². The second-order valence-electron chi connectivity index (χ2n) is 3.80. The van der Waals surface area contributed by atoms with E-state index in [2.05, 4.69) is 0 Å². The first-order valence-corrected chi connectivity index (χ1v) is 7.55. The Hall–Kier alpha value is -0.670. The Morgan fingerprint density at radius 3 is 2.47 bits per heavy atom. The average Bonchev–Trinajstić information content (AvgIpc) is 2.39. The summed E-state index contributed by atoms with van der Waals surface area (Å²) in [5, 5.41) is 1.49. The second-order valence-corrected chi connectivity index (χ2v) is 6.10. The van der Waals surface area contributed by atoms with Crippen molar-refractivity contribution in [1.82, 2.24) is 0 Å². The van der Waals surface area contributed by atoms with E-state index in [1.807, 2.05) is 18.2 Å². The highest BCUT2D eigenvalue weighted by Crippen LogP contribution is 2.25. The fraction of sp³-hybridized carbons (Fsp3) is 0.0714. The van der Waals surface area contributed by atoms with E-state index in [0.29, 0.717) is 26.4 Å². The van der Waals surface area contributed by atoms with Crippen molar-refractivity contribution < 1.29 is 4.79 Å². The summed E-state index contributed by atoms with van der Waals surface area (Å²) in [6.07, 6.45) is 0. The third kappa shape index (κ3) is 4.15. The number of carbonyl (C=O) groups is 1. The minimum absolute atomic E-state index is 0.00328. The van der Waals surface area contributed by atoms with Gasteiger partial charge in [-0.05, 0) is 36.4 Å². The minimum Gasteiger partial charge on any atom is -0.293 e. The Morgan fingerprint density at radius 1 is 1.00 bits per heavy atom. The highest BCUT2D eigenvalue weighted by molar-refractivity contribution is 8.00. The average molecular weight is 332 g/mol. The van der Waals surface area contributed by atoms with Crippen LogP contribution in [0.5, 0.6) is 0 Å². The van der Waals surface area contributed by atoms with Crippen LogP contribution >= 0.6 is 46.6 Å². The maximum atomic E-state index is 12.0. The summed E-state index contributed by atoms with van der Waals surface area (Å²) in [5.41, 5.74) is 0.559. The quantitative estimate of drug-likeness (QED) is 0.534. The van der Waals surface area contributed by atoms with Crippen molar-refractivity contribution in [3.05, 3.63) is 63.1 Å². The van der Waals surface area contributed by atoms with Gasteiger partial charge < -0.3 is 0 Å². The molecule has 5 heteroatoms. The lowest BCUT2D eigenvalue weighted by molar-refractivity contribution is 0.102. The van der Waals surface area contributed by atoms with Crippen molar-refractivity contribution in [2.45, 2.75) is 4.90 Å². The molecule has 0 heterocycles. The molecule has 0 aliphatic heterocycles. The lowest BCUT2D eigenvalue weighted by Gasteiger charge is -2.03. The summed E-state index contributed by atoms with van der Waals surface area (Å²) in [7, 11) is 0. The zero-order chi connectivity index (χ0) is 13.8. The Labute approximate surface area is 130 Å². The largest absolute Gasteiger partial charge is 0.293 e. The molecule has 0 aliphatic carbocycles. The molecule has 0 N–H and O–H groups in total. The highest BCUT2D eigenvalue weighted by Gasteiger charge is 2.09. The molecule has 0 amide bonds. The maximum absolute atomic E-state index is 12.0. The molecule has 2 aromatic carbocycles. The van der Waals surface area contributed by atoms with E-state index in [0.717, 1.165) is 4.90 Å². The van der Waals surface area contributed by atoms with Gasteiger partial charge in [0.2, 0.25) is 0 Å². The second kappa shape index (κ2) is 6.67. The van der Waals surface area contributed by atoms with Crippen LogP contribution in [0.4, 0.5) is 0 Å². The molecule has 2 rings (SSSR count). The summed E-state index contributed by atoms with van der Waals surface area (Å²) >= 11 is 19.0. The molecule has 0 saturated heterocycles. The highest BCUT2D eigenvalue weighted by atomic mass is 35.5. The van der Waals surface area contributed by atoms with Gasteiger partial charge in [-0.15, -0.1) is 11.8 Å². The number of carbonyl (C=O) groups excluding carboxylic acids is 1. The summed E-state index contributed by atoms with van der Waals surface area (Å²) in [6, 6.07) is 12.3. The van der Waals surface area contributed by atoms with Crippen molar-refractivity contribution in [2.24, 2.45) is 0 Å². The predicted molar refractivity (Wildman–Crippen MR) is 83.0 cm³/mol. The number of ketones is 1. The van der Waals surface area contributed by atoms with E-state index in [-0.39, 0.29) is 5.78 Å². The van der Waals surface area contributed by atoms with Crippen LogP contribution in [0.2, 0.25) is 15.1 Å².